The number of nitrogens with zero attached hydrogens (tertiary/aromatic N) is 2. The van der Waals surface area contributed by atoms with Crippen molar-refractivity contribution in [1.29, 1.82) is 0 Å². The van der Waals surface area contributed by atoms with Gasteiger partial charge in [0.15, 0.2) is 0 Å². The monoisotopic (exact) mass is 517 g/mol. The number of aromatic nitrogens is 2. The van der Waals surface area contributed by atoms with Crippen molar-refractivity contribution in [3.63, 3.8) is 0 Å². The number of benzene rings is 3. The molecule has 2 N–H and O–H groups in total. The average molecular weight is 517 g/mol. The summed E-state index contributed by atoms with van der Waals surface area (Å²) in [4.78, 5) is 20.5. The summed E-state index contributed by atoms with van der Waals surface area (Å²) in [6.07, 6.45) is -4.09. The first-order valence-corrected chi connectivity index (χ1v) is 11.5. The molecule has 3 aromatic carbocycles. The molecule has 190 valence electrons. The molecule has 0 aliphatic carbocycles. The Labute approximate surface area is 214 Å². The lowest BCUT2D eigenvalue weighted by Gasteiger charge is -2.16. The van der Waals surface area contributed by atoms with Gasteiger partial charge in [-0.15, -0.1) is 0 Å². The topological polar surface area (TPSA) is 78.1 Å². The maximum absolute atomic E-state index is 14.8. The highest BCUT2D eigenvalue weighted by Crippen LogP contribution is 2.40. The summed E-state index contributed by atoms with van der Waals surface area (Å²) in [5.74, 6) is -3.58. The van der Waals surface area contributed by atoms with Crippen molar-refractivity contribution in [1.82, 2.24) is 9.97 Å². The Bertz CT molecular complexity index is 1640. The van der Waals surface area contributed by atoms with Crippen LogP contribution in [0.25, 0.3) is 44.4 Å². The van der Waals surface area contributed by atoms with E-state index in [9.17, 15) is 22.4 Å². The van der Waals surface area contributed by atoms with Crippen LogP contribution in [0.15, 0.2) is 91.1 Å². The van der Waals surface area contributed by atoms with E-state index in [2.05, 4.69) is 9.72 Å². The Morgan fingerprint density at radius 3 is 2.18 bits per heavy atom. The van der Waals surface area contributed by atoms with Crippen molar-refractivity contribution in [2.45, 2.75) is 12.7 Å². The van der Waals surface area contributed by atoms with Gasteiger partial charge in [-0.2, -0.15) is 13.2 Å². The molecule has 5 aromatic rings. The number of hydrogen-bond acceptors (Lipinski definition) is 5. The van der Waals surface area contributed by atoms with E-state index in [1.165, 1.54) is 18.2 Å². The van der Waals surface area contributed by atoms with Gasteiger partial charge in [0.25, 0.3) is 0 Å². The number of esters is 1. The molecule has 5 nitrogen and oxygen atoms in total. The fourth-order valence-electron chi connectivity index (χ4n) is 4.10. The van der Waals surface area contributed by atoms with Gasteiger partial charge >= 0.3 is 12.1 Å². The third kappa shape index (κ3) is 4.83. The summed E-state index contributed by atoms with van der Waals surface area (Å²) in [6.45, 7) is 0.341. The molecule has 0 aliphatic heterocycles. The average Bonchev–Trinajstić information content (AvgIpc) is 2.93. The predicted molar refractivity (Wildman–Crippen MR) is 135 cm³/mol. The molecular weight excluding hydrogens is 498 g/mol. The van der Waals surface area contributed by atoms with Crippen LogP contribution >= 0.6 is 0 Å². The fourth-order valence-corrected chi connectivity index (χ4v) is 4.10. The summed E-state index contributed by atoms with van der Waals surface area (Å²) in [5.41, 5.74) is 9.58. The predicted octanol–water partition coefficient (Wildman–Crippen LogP) is 6.70. The summed E-state index contributed by atoms with van der Waals surface area (Å²) >= 11 is 0. The number of carbonyl (C=O) groups is 1. The molecule has 0 atom stereocenters. The largest absolute Gasteiger partial charge is 0.491 e. The van der Waals surface area contributed by atoms with Crippen molar-refractivity contribution >= 4 is 16.9 Å². The van der Waals surface area contributed by atoms with Gasteiger partial charge in [-0.25, -0.2) is 19.2 Å². The van der Waals surface area contributed by atoms with Crippen LogP contribution in [-0.2, 0) is 11.3 Å². The Hall–Kier alpha value is -4.63. The van der Waals surface area contributed by atoms with Crippen LogP contribution in [0.5, 0.6) is 5.88 Å². The first-order valence-electron chi connectivity index (χ1n) is 11.5. The van der Waals surface area contributed by atoms with Crippen molar-refractivity contribution in [2.24, 2.45) is 5.73 Å². The summed E-state index contributed by atoms with van der Waals surface area (Å²) in [5, 5.41) is 0.0181. The molecule has 2 heterocycles. The van der Waals surface area contributed by atoms with E-state index in [0.717, 1.165) is 11.8 Å². The lowest BCUT2D eigenvalue weighted by Crippen LogP contribution is -2.28. The van der Waals surface area contributed by atoms with Crippen molar-refractivity contribution in [2.75, 3.05) is 0 Å². The van der Waals surface area contributed by atoms with E-state index < -0.39 is 23.8 Å². The van der Waals surface area contributed by atoms with Gasteiger partial charge in [-0.1, -0.05) is 72.8 Å². The number of pyridine rings is 2. The summed E-state index contributed by atoms with van der Waals surface area (Å²) in [6, 6.07) is 23.9. The SMILES string of the molecule is NCc1ccc(-c2nc3c(-c4ccccc4F)cnc(OC(=O)C(F)(F)F)c3cc2-c2ccccc2)cc1. The van der Waals surface area contributed by atoms with Gasteiger partial charge in [0.05, 0.1) is 16.6 Å². The number of fused-ring (bicyclic) bond motifs is 1. The third-order valence-electron chi connectivity index (χ3n) is 5.95. The molecule has 0 radical (unpaired) electrons. The molecule has 9 heteroatoms. The first-order chi connectivity index (χ1) is 18.3. The third-order valence-corrected chi connectivity index (χ3v) is 5.95. The van der Waals surface area contributed by atoms with Crippen LogP contribution < -0.4 is 10.5 Å². The van der Waals surface area contributed by atoms with Crippen LogP contribution in [0, 0.1) is 5.82 Å². The van der Waals surface area contributed by atoms with Crippen LogP contribution in [0.3, 0.4) is 0 Å². The van der Waals surface area contributed by atoms with Gasteiger partial charge < -0.3 is 10.5 Å². The molecule has 0 aliphatic rings. The summed E-state index contributed by atoms with van der Waals surface area (Å²) in [7, 11) is 0. The van der Waals surface area contributed by atoms with E-state index in [0.29, 0.717) is 28.9 Å². The van der Waals surface area contributed by atoms with Gasteiger partial charge in [0, 0.05) is 35.0 Å². The number of nitrogens with two attached hydrogens (primary N) is 1. The molecular formula is C29H19F4N3O2. The molecule has 0 amide bonds. The Morgan fingerprint density at radius 1 is 0.842 bits per heavy atom. The van der Waals surface area contributed by atoms with Gasteiger partial charge in [0.1, 0.15) is 5.82 Å². The number of halogens is 4. The van der Waals surface area contributed by atoms with Crippen LogP contribution in [0.4, 0.5) is 17.6 Å². The van der Waals surface area contributed by atoms with Gasteiger partial charge in [-0.05, 0) is 23.3 Å². The van der Waals surface area contributed by atoms with Gasteiger partial charge in [0.2, 0.25) is 5.88 Å². The zero-order valence-electron chi connectivity index (χ0n) is 19.7. The number of rotatable bonds is 5. The second kappa shape index (κ2) is 10.0. The lowest BCUT2D eigenvalue weighted by atomic mass is 9.95. The molecule has 0 saturated carbocycles. The normalized spacial score (nSPS) is 11.5. The minimum Gasteiger partial charge on any atom is -0.400 e. The molecule has 5 rings (SSSR count). The van der Waals surface area contributed by atoms with Crippen molar-refractivity contribution in [3.8, 4) is 39.4 Å². The molecule has 0 fully saturated rings. The standard InChI is InChI=1S/C29H19F4N3O2/c30-24-9-5-4-8-20(24)23-16-35-27(38-28(37)29(31,32)33)22-14-21(18-6-2-1-3-7-18)25(36-26(22)23)19-12-10-17(15-34)11-13-19/h1-14,16H,15,34H2. The highest BCUT2D eigenvalue weighted by Gasteiger charge is 2.42. The minimum atomic E-state index is -5.24. The maximum Gasteiger partial charge on any atom is 0.491 e. The van der Waals surface area contributed by atoms with E-state index in [1.807, 2.05) is 42.5 Å². The zero-order chi connectivity index (χ0) is 26.9. The minimum absolute atomic E-state index is 0.0181. The van der Waals surface area contributed by atoms with Gasteiger partial charge in [-0.3, -0.25) is 0 Å². The smallest absolute Gasteiger partial charge is 0.400 e. The molecule has 2 aromatic heterocycles. The van der Waals surface area contributed by atoms with Crippen molar-refractivity contribution in [3.05, 3.63) is 103 Å². The highest BCUT2D eigenvalue weighted by molar-refractivity contribution is 6.01. The number of ether oxygens (including phenoxy) is 1. The zero-order valence-corrected chi connectivity index (χ0v) is 19.7. The Morgan fingerprint density at radius 2 is 1.53 bits per heavy atom. The lowest BCUT2D eigenvalue weighted by molar-refractivity contribution is -0.189. The van der Waals surface area contributed by atoms with E-state index in [-0.39, 0.29) is 22.0 Å². The fraction of sp³-hybridized carbons (Fsp3) is 0.0690. The second-order valence-corrected chi connectivity index (χ2v) is 8.39. The molecule has 0 saturated heterocycles. The Balaban J connectivity index is 1.84. The molecule has 38 heavy (non-hydrogen) atoms. The molecule has 0 spiro atoms. The quantitative estimate of drug-likeness (QED) is 0.207. The van der Waals surface area contributed by atoms with Crippen molar-refractivity contribution < 1.29 is 27.1 Å². The highest BCUT2D eigenvalue weighted by atomic mass is 19.4. The van der Waals surface area contributed by atoms with E-state index in [4.69, 9.17) is 10.7 Å². The first kappa shape index (κ1) is 25.0. The number of carbonyl (C=O) groups excluding carboxylic acids is 1. The second-order valence-electron chi connectivity index (χ2n) is 8.39. The summed E-state index contributed by atoms with van der Waals surface area (Å²) < 4.78 is 58.6. The van der Waals surface area contributed by atoms with Crippen LogP contribution in [0.1, 0.15) is 5.56 Å². The molecule has 0 bridgehead atoms. The number of hydrogen-bond donors (Lipinski definition) is 1. The Kier molecular flexibility index (Phi) is 6.61. The maximum atomic E-state index is 14.8. The number of alkyl halides is 3. The van der Waals surface area contributed by atoms with Crippen LogP contribution in [0.2, 0.25) is 0 Å². The van der Waals surface area contributed by atoms with Crippen LogP contribution in [-0.4, -0.2) is 22.1 Å². The van der Waals surface area contributed by atoms with E-state index in [1.54, 1.807) is 24.3 Å². The molecule has 0 unspecified atom stereocenters. The van der Waals surface area contributed by atoms with E-state index >= 15 is 0 Å².